The van der Waals surface area contributed by atoms with E-state index in [1.54, 1.807) is 13.8 Å². The minimum atomic E-state index is -0.755. The van der Waals surface area contributed by atoms with Gasteiger partial charge in [-0.3, -0.25) is 0 Å². The standard InChI is InChI=1S/C8H8Cl2N2O/c1-8(2,3-13)5-6(9)11-4-12-7(5)10/h3-4H,1-2H3. The van der Waals surface area contributed by atoms with Gasteiger partial charge in [0.25, 0.3) is 0 Å². The Labute approximate surface area is 86.1 Å². The highest BCUT2D eigenvalue weighted by Gasteiger charge is 2.26. The van der Waals surface area contributed by atoms with Crippen molar-refractivity contribution in [1.82, 2.24) is 9.97 Å². The van der Waals surface area contributed by atoms with E-state index >= 15 is 0 Å². The van der Waals surface area contributed by atoms with Crippen LogP contribution in [0.4, 0.5) is 0 Å². The van der Waals surface area contributed by atoms with E-state index in [-0.39, 0.29) is 10.3 Å². The molecule has 1 aromatic rings. The predicted octanol–water partition coefficient (Wildman–Crippen LogP) is 2.26. The maximum atomic E-state index is 10.8. The molecule has 0 aliphatic rings. The van der Waals surface area contributed by atoms with E-state index < -0.39 is 5.41 Å². The Balaban J connectivity index is 3.36. The number of carbonyl (C=O) groups excluding carboxylic acids is 1. The fourth-order valence-corrected chi connectivity index (χ4v) is 1.74. The zero-order chi connectivity index (χ0) is 10.1. The van der Waals surface area contributed by atoms with Crippen molar-refractivity contribution in [2.75, 3.05) is 0 Å². The third kappa shape index (κ3) is 1.98. The first-order valence-corrected chi connectivity index (χ1v) is 4.37. The Morgan fingerprint density at radius 1 is 1.31 bits per heavy atom. The SMILES string of the molecule is CC(C)(C=O)c1c(Cl)ncnc1Cl. The number of rotatable bonds is 2. The second-order valence-corrected chi connectivity index (χ2v) is 3.89. The third-order valence-corrected chi connectivity index (χ3v) is 2.27. The fourth-order valence-electron chi connectivity index (χ4n) is 0.935. The highest BCUT2D eigenvalue weighted by Crippen LogP contribution is 2.31. The van der Waals surface area contributed by atoms with Crippen molar-refractivity contribution in [1.29, 1.82) is 0 Å². The monoisotopic (exact) mass is 218 g/mol. The molecule has 0 amide bonds. The van der Waals surface area contributed by atoms with Crippen LogP contribution in [0.25, 0.3) is 0 Å². The molecule has 0 fully saturated rings. The summed E-state index contributed by atoms with van der Waals surface area (Å²) in [5.74, 6) is 0. The van der Waals surface area contributed by atoms with Crippen molar-refractivity contribution < 1.29 is 4.79 Å². The second kappa shape index (κ2) is 3.60. The third-order valence-electron chi connectivity index (χ3n) is 1.69. The molecule has 0 atom stereocenters. The molecule has 0 saturated heterocycles. The molecule has 0 aliphatic carbocycles. The molecule has 0 N–H and O–H groups in total. The van der Waals surface area contributed by atoms with Crippen molar-refractivity contribution >= 4 is 29.5 Å². The molecule has 1 rings (SSSR count). The Morgan fingerprint density at radius 2 is 1.77 bits per heavy atom. The quantitative estimate of drug-likeness (QED) is 0.565. The largest absolute Gasteiger partial charge is 0.302 e. The Hall–Kier alpha value is -0.670. The summed E-state index contributed by atoms with van der Waals surface area (Å²) >= 11 is 11.6. The lowest BCUT2D eigenvalue weighted by Gasteiger charge is -2.18. The van der Waals surface area contributed by atoms with Gasteiger partial charge in [-0.15, -0.1) is 0 Å². The van der Waals surface area contributed by atoms with Crippen LogP contribution in [0.3, 0.4) is 0 Å². The highest BCUT2D eigenvalue weighted by atomic mass is 35.5. The molecular weight excluding hydrogens is 211 g/mol. The van der Waals surface area contributed by atoms with E-state index in [1.165, 1.54) is 6.33 Å². The van der Waals surface area contributed by atoms with Gasteiger partial charge < -0.3 is 4.79 Å². The summed E-state index contributed by atoms with van der Waals surface area (Å²) in [6.07, 6.45) is 2.03. The van der Waals surface area contributed by atoms with Crippen molar-refractivity contribution in [3.63, 3.8) is 0 Å². The molecule has 5 heteroatoms. The van der Waals surface area contributed by atoms with Crippen molar-refractivity contribution in [3.8, 4) is 0 Å². The fraction of sp³-hybridized carbons (Fsp3) is 0.375. The van der Waals surface area contributed by atoms with Gasteiger partial charge in [-0.2, -0.15) is 0 Å². The maximum Gasteiger partial charge on any atom is 0.138 e. The van der Waals surface area contributed by atoms with Gasteiger partial charge in [0.2, 0.25) is 0 Å². The number of hydrogen-bond donors (Lipinski definition) is 0. The summed E-state index contributed by atoms with van der Waals surface area (Å²) in [6.45, 7) is 3.41. The number of halogens is 2. The van der Waals surface area contributed by atoms with E-state index in [1.807, 2.05) is 0 Å². The van der Waals surface area contributed by atoms with Gasteiger partial charge in [0.15, 0.2) is 0 Å². The molecule has 1 aromatic heterocycles. The molecule has 13 heavy (non-hydrogen) atoms. The topological polar surface area (TPSA) is 42.9 Å². The smallest absolute Gasteiger partial charge is 0.138 e. The van der Waals surface area contributed by atoms with Crippen LogP contribution in [0, 0.1) is 0 Å². The molecule has 0 aromatic carbocycles. The van der Waals surface area contributed by atoms with Crippen LogP contribution >= 0.6 is 23.2 Å². The zero-order valence-electron chi connectivity index (χ0n) is 7.21. The molecule has 0 aliphatic heterocycles. The maximum absolute atomic E-state index is 10.8. The summed E-state index contributed by atoms with van der Waals surface area (Å²) in [5, 5.41) is 0.439. The molecule has 70 valence electrons. The van der Waals surface area contributed by atoms with Crippen LogP contribution in [0.2, 0.25) is 10.3 Å². The van der Waals surface area contributed by atoms with Crippen LogP contribution in [-0.4, -0.2) is 16.3 Å². The van der Waals surface area contributed by atoms with Gasteiger partial charge >= 0.3 is 0 Å². The normalized spacial score (nSPS) is 11.4. The number of aldehydes is 1. The van der Waals surface area contributed by atoms with Crippen LogP contribution in [-0.2, 0) is 10.2 Å². The molecular formula is C8H8Cl2N2O. The van der Waals surface area contributed by atoms with Gasteiger partial charge in [0.1, 0.15) is 22.9 Å². The second-order valence-electron chi connectivity index (χ2n) is 3.17. The van der Waals surface area contributed by atoms with E-state index in [9.17, 15) is 4.79 Å². The molecule has 0 spiro atoms. The summed E-state index contributed by atoms with van der Waals surface area (Å²) in [5.41, 5.74) is -0.288. The lowest BCUT2D eigenvalue weighted by Crippen LogP contribution is -2.20. The summed E-state index contributed by atoms with van der Waals surface area (Å²) in [6, 6.07) is 0. The first kappa shape index (κ1) is 10.4. The summed E-state index contributed by atoms with van der Waals surface area (Å²) in [4.78, 5) is 18.3. The van der Waals surface area contributed by atoms with Gasteiger partial charge in [-0.25, -0.2) is 9.97 Å². The van der Waals surface area contributed by atoms with Gasteiger partial charge in [0, 0.05) is 5.56 Å². The van der Waals surface area contributed by atoms with Crippen LogP contribution in [0.15, 0.2) is 6.33 Å². The zero-order valence-corrected chi connectivity index (χ0v) is 8.73. The Kier molecular flexibility index (Phi) is 2.88. The average Bonchev–Trinajstić information content (AvgIpc) is 2.03. The first-order chi connectivity index (χ1) is 5.99. The first-order valence-electron chi connectivity index (χ1n) is 3.62. The van der Waals surface area contributed by atoms with Crippen LogP contribution < -0.4 is 0 Å². The van der Waals surface area contributed by atoms with E-state index in [0.717, 1.165) is 6.29 Å². The van der Waals surface area contributed by atoms with Crippen molar-refractivity contribution in [2.24, 2.45) is 0 Å². The van der Waals surface area contributed by atoms with E-state index in [4.69, 9.17) is 23.2 Å². The van der Waals surface area contributed by atoms with Crippen molar-refractivity contribution in [3.05, 3.63) is 22.2 Å². The summed E-state index contributed by atoms with van der Waals surface area (Å²) < 4.78 is 0. The predicted molar refractivity (Wildman–Crippen MR) is 51.1 cm³/mol. The van der Waals surface area contributed by atoms with Gasteiger partial charge in [0.05, 0.1) is 5.41 Å². The number of hydrogen-bond acceptors (Lipinski definition) is 3. The molecule has 1 heterocycles. The molecule has 0 radical (unpaired) electrons. The molecule has 0 saturated carbocycles. The number of nitrogens with zero attached hydrogens (tertiary/aromatic N) is 2. The van der Waals surface area contributed by atoms with Gasteiger partial charge in [-0.05, 0) is 13.8 Å². The van der Waals surface area contributed by atoms with E-state index in [0.29, 0.717) is 5.56 Å². The van der Waals surface area contributed by atoms with Crippen LogP contribution in [0.1, 0.15) is 19.4 Å². The molecule has 3 nitrogen and oxygen atoms in total. The molecule has 0 unspecified atom stereocenters. The minimum Gasteiger partial charge on any atom is -0.302 e. The van der Waals surface area contributed by atoms with Crippen LogP contribution in [0.5, 0.6) is 0 Å². The Morgan fingerprint density at radius 3 is 2.15 bits per heavy atom. The van der Waals surface area contributed by atoms with Crippen molar-refractivity contribution in [2.45, 2.75) is 19.3 Å². The lowest BCUT2D eigenvalue weighted by atomic mass is 9.88. The number of aromatic nitrogens is 2. The summed E-state index contributed by atoms with van der Waals surface area (Å²) in [7, 11) is 0. The highest BCUT2D eigenvalue weighted by molar-refractivity contribution is 6.35. The van der Waals surface area contributed by atoms with Gasteiger partial charge in [-0.1, -0.05) is 23.2 Å². The minimum absolute atomic E-state index is 0.220. The molecule has 0 bridgehead atoms. The lowest BCUT2D eigenvalue weighted by molar-refractivity contribution is -0.111. The average molecular weight is 219 g/mol. The number of carbonyl (C=O) groups is 1. The Bertz CT molecular complexity index is 319. The van der Waals surface area contributed by atoms with E-state index in [2.05, 4.69) is 9.97 Å².